The summed E-state index contributed by atoms with van der Waals surface area (Å²) >= 11 is 0. The maximum absolute atomic E-state index is 6.05. The Hall–Kier alpha value is -2.80. The van der Waals surface area contributed by atoms with Gasteiger partial charge in [0, 0.05) is 30.5 Å². The predicted octanol–water partition coefficient (Wildman–Crippen LogP) is 2.63. The Morgan fingerprint density at radius 2 is 2.00 bits per heavy atom. The van der Waals surface area contributed by atoms with E-state index in [1.165, 1.54) is 0 Å². The highest BCUT2D eigenvalue weighted by atomic mass is 16.5. The number of aliphatic imine (C=N–C) groups is 1. The molecule has 1 aliphatic rings. The molecule has 144 valence electrons. The summed E-state index contributed by atoms with van der Waals surface area (Å²) in [5.41, 5.74) is 7.97. The van der Waals surface area contributed by atoms with Crippen LogP contribution in [0, 0.1) is 0 Å². The van der Waals surface area contributed by atoms with E-state index < -0.39 is 0 Å². The first kappa shape index (κ1) is 19.0. The largest absolute Gasteiger partial charge is 0.491 e. The summed E-state index contributed by atoms with van der Waals surface area (Å²) in [4.78, 5) is 11.2. The van der Waals surface area contributed by atoms with Crippen molar-refractivity contribution in [2.75, 3.05) is 36.5 Å². The lowest BCUT2D eigenvalue weighted by Crippen LogP contribution is -2.37. The summed E-state index contributed by atoms with van der Waals surface area (Å²) in [6, 6.07) is 11.6. The second kappa shape index (κ2) is 9.23. The first-order valence-electron chi connectivity index (χ1n) is 9.22. The van der Waals surface area contributed by atoms with Crippen LogP contribution >= 0.6 is 0 Å². The lowest BCUT2D eigenvalue weighted by molar-refractivity contribution is 0.122. The lowest BCUT2D eigenvalue weighted by atomic mass is 10.2. The highest BCUT2D eigenvalue weighted by Gasteiger charge is 2.15. The first-order valence-corrected chi connectivity index (χ1v) is 9.22. The maximum atomic E-state index is 6.05. The number of anilines is 2. The van der Waals surface area contributed by atoms with E-state index in [0.717, 1.165) is 49.1 Å². The van der Waals surface area contributed by atoms with Crippen LogP contribution in [0.4, 0.5) is 11.5 Å². The fourth-order valence-electron chi connectivity index (χ4n) is 2.86. The number of nitrogens with two attached hydrogens (primary N) is 1. The van der Waals surface area contributed by atoms with Crippen LogP contribution in [0.3, 0.4) is 0 Å². The number of pyridine rings is 1. The van der Waals surface area contributed by atoms with E-state index in [-0.39, 0.29) is 6.10 Å². The molecule has 1 aliphatic heterocycles. The molecular weight excluding hydrogens is 342 g/mol. The summed E-state index contributed by atoms with van der Waals surface area (Å²) in [7, 11) is 0. The molecule has 0 saturated carbocycles. The van der Waals surface area contributed by atoms with Crippen molar-refractivity contribution in [2.24, 2.45) is 10.7 Å². The van der Waals surface area contributed by atoms with Gasteiger partial charge >= 0.3 is 0 Å². The number of morpholine rings is 1. The summed E-state index contributed by atoms with van der Waals surface area (Å²) in [6.07, 6.45) is 1.95. The van der Waals surface area contributed by atoms with Crippen LogP contribution in [0.5, 0.6) is 5.75 Å². The normalized spacial score (nSPS) is 15.1. The van der Waals surface area contributed by atoms with E-state index in [4.69, 9.17) is 15.2 Å². The number of nitrogens with zero attached hydrogens (tertiary/aromatic N) is 3. The Labute approximate surface area is 160 Å². The Bertz CT molecular complexity index is 755. The smallest absolute Gasteiger partial charge is 0.193 e. The van der Waals surface area contributed by atoms with Crippen molar-refractivity contribution >= 4 is 17.5 Å². The van der Waals surface area contributed by atoms with Gasteiger partial charge in [-0.05, 0) is 44.2 Å². The molecule has 2 heterocycles. The molecule has 0 amide bonds. The molecule has 0 spiro atoms. The van der Waals surface area contributed by atoms with E-state index in [1.54, 1.807) is 6.20 Å². The number of guanidine groups is 1. The molecule has 1 fully saturated rings. The molecule has 1 aromatic heterocycles. The molecule has 7 nitrogen and oxygen atoms in total. The van der Waals surface area contributed by atoms with Gasteiger partial charge in [0.05, 0.1) is 25.9 Å². The van der Waals surface area contributed by atoms with Crippen LogP contribution in [0.1, 0.15) is 19.4 Å². The minimum Gasteiger partial charge on any atom is -0.491 e. The molecule has 7 heteroatoms. The van der Waals surface area contributed by atoms with Gasteiger partial charge in [-0.15, -0.1) is 0 Å². The van der Waals surface area contributed by atoms with Gasteiger partial charge in [0.15, 0.2) is 5.96 Å². The Morgan fingerprint density at radius 3 is 2.70 bits per heavy atom. The number of hydrogen-bond acceptors (Lipinski definition) is 5. The van der Waals surface area contributed by atoms with Crippen molar-refractivity contribution in [3.05, 3.63) is 48.2 Å². The van der Waals surface area contributed by atoms with E-state index in [9.17, 15) is 0 Å². The summed E-state index contributed by atoms with van der Waals surface area (Å²) in [6.45, 7) is 7.59. The third kappa shape index (κ3) is 5.59. The number of benzene rings is 1. The molecule has 1 aromatic carbocycles. The van der Waals surface area contributed by atoms with E-state index in [2.05, 4.69) is 20.2 Å². The van der Waals surface area contributed by atoms with Crippen molar-refractivity contribution in [2.45, 2.75) is 26.5 Å². The highest BCUT2D eigenvalue weighted by molar-refractivity contribution is 5.92. The van der Waals surface area contributed by atoms with Crippen molar-refractivity contribution in [3.8, 4) is 5.75 Å². The predicted molar refractivity (Wildman–Crippen MR) is 108 cm³/mol. The summed E-state index contributed by atoms with van der Waals surface area (Å²) < 4.78 is 11.1. The third-order valence-corrected chi connectivity index (χ3v) is 4.10. The van der Waals surface area contributed by atoms with Gasteiger partial charge in [0.2, 0.25) is 0 Å². The van der Waals surface area contributed by atoms with E-state index in [1.807, 2.05) is 50.2 Å². The van der Waals surface area contributed by atoms with Crippen LogP contribution in [0.25, 0.3) is 0 Å². The average molecular weight is 369 g/mol. The van der Waals surface area contributed by atoms with Crippen LogP contribution in [0.2, 0.25) is 0 Å². The lowest BCUT2D eigenvalue weighted by Gasteiger charge is -2.29. The topological polar surface area (TPSA) is 85.0 Å². The molecule has 0 bridgehead atoms. The number of nitrogens with one attached hydrogen (secondary N) is 1. The fraction of sp³-hybridized carbons (Fsp3) is 0.400. The molecule has 0 aliphatic carbocycles. The zero-order valence-electron chi connectivity index (χ0n) is 15.9. The Morgan fingerprint density at radius 1 is 1.26 bits per heavy atom. The van der Waals surface area contributed by atoms with Gasteiger partial charge in [0.1, 0.15) is 11.6 Å². The molecule has 1 saturated heterocycles. The molecule has 0 atom stereocenters. The van der Waals surface area contributed by atoms with Gasteiger partial charge in [-0.25, -0.2) is 9.98 Å². The number of rotatable bonds is 6. The van der Waals surface area contributed by atoms with Gasteiger partial charge in [-0.2, -0.15) is 0 Å². The number of ether oxygens (including phenoxy) is 2. The maximum Gasteiger partial charge on any atom is 0.193 e. The molecule has 3 rings (SSSR count). The molecule has 3 N–H and O–H groups in total. The van der Waals surface area contributed by atoms with Crippen LogP contribution < -0.4 is 20.7 Å². The van der Waals surface area contributed by atoms with Crippen molar-refractivity contribution < 1.29 is 9.47 Å². The quantitative estimate of drug-likeness (QED) is 0.601. The summed E-state index contributed by atoms with van der Waals surface area (Å²) in [5, 5.41) is 3.11. The minimum absolute atomic E-state index is 0.149. The average Bonchev–Trinajstić information content (AvgIpc) is 2.68. The SMILES string of the molecule is CC(C)Oc1ccc(NC(N)=NCc2cccnc2N2CCOCC2)cc1. The third-order valence-electron chi connectivity index (χ3n) is 4.10. The van der Waals surface area contributed by atoms with Crippen molar-refractivity contribution in [1.82, 2.24) is 4.98 Å². The highest BCUT2D eigenvalue weighted by Crippen LogP contribution is 2.20. The summed E-state index contributed by atoms with van der Waals surface area (Å²) in [5.74, 6) is 2.15. The van der Waals surface area contributed by atoms with Crippen molar-refractivity contribution in [1.29, 1.82) is 0 Å². The standard InChI is InChI=1S/C20H27N5O2/c1-15(2)27-18-7-5-17(6-8-18)24-20(21)23-14-16-4-3-9-22-19(16)25-10-12-26-13-11-25/h3-9,15H,10-14H2,1-2H3,(H3,21,23,24). The van der Waals surface area contributed by atoms with Gasteiger partial charge < -0.3 is 25.4 Å². The second-order valence-corrected chi connectivity index (χ2v) is 6.60. The van der Waals surface area contributed by atoms with E-state index >= 15 is 0 Å². The Kier molecular flexibility index (Phi) is 6.49. The molecule has 27 heavy (non-hydrogen) atoms. The van der Waals surface area contributed by atoms with Crippen LogP contribution in [-0.4, -0.2) is 43.4 Å². The first-order chi connectivity index (χ1) is 13.1. The minimum atomic E-state index is 0.149. The number of hydrogen-bond donors (Lipinski definition) is 2. The molecule has 0 radical (unpaired) electrons. The molecule has 0 unspecified atom stereocenters. The van der Waals surface area contributed by atoms with Crippen LogP contribution in [0.15, 0.2) is 47.6 Å². The van der Waals surface area contributed by atoms with Gasteiger partial charge in [0.25, 0.3) is 0 Å². The van der Waals surface area contributed by atoms with Gasteiger partial charge in [-0.1, -0.05) is 6.07 Å². The molecular formula is C20H27N5O2. The second-order valence-electron chi connectivity index (χ2n) is 6.60. The zero-order valence-corrected chi connectivity index (χ0v) is 15.9. The fourth-order valence-corrected chi connectivity index (χ4v) is 2.86. The van der Waals surface area contributed by atoms with Crippen LogP contribution in [-0.2, 0) is 11.3 Å². The number of aromatic nitrogens is 1. The van der Waals surface area contributed by atoms with E-state index in [0.29, 0.717) is 12.5 Å². The zero-order chi connectivity index (χ0) is 19.1. The van der Waals surface area contributed by atoms with Crippen molar-refractivity contribution in [3.63, 3.8) is 0 Å². The van der Waals surface area contributed by atoms with Gasteiger partial charge in [-0.3, -0.25) is 0 Å². The Balaban J connectivity index is 1.62. The molecule has 2 aromatic rings. The monoisotopic (exact) mass is 369 g/mol.